The summed E-state index contributed by atoms with van der Waals surface area (Å²) in [5, 5.41) is 11.8. The van der Waals surface area contributed by atoms with Gasteiger partial charge in [0.05, 0.1) is 18.4 Å². The van der Waals surface area contributed by atoms with E-state index < -0.39 is 6.04 Å². The number of carbonyl (C=O) groups excluding carboxylic acids is 1. The van der Waals surface area contributed by atoms with Crippen LogP contribution in [0.25, 0.3) is 0 Å². The van der Waals surface area contributed by atoms with E-state index in [9.17, 15) is 4.79 Å². The van der Waals surface area contributed by atoms with E-state index in [-0.39, 0.29) is 5.91 Å². The van der Waals surface area contributed by atoms with Crippen LogP contribution in [0.1, 0.15) is 35.2 Å². The zero-order valence-corrected chi connectivity index (χ0v) is 22.1. The molecule has 0 aliphatic carbocycles. The van der Waals surface area contributed by atoms with E-state index in [1.165, 1.54) is 16.7 Å². The van der Waals surface area contributed by atoms with Crippen LogP contribution in [0.4, 0.5) is 11.6 Å². The van der Waals surface area contributed by atoms with Crippen molar-refractivity contribution >= 4 is 29.3 Å². The van der Waals surface area contributed by atoms with Gasteiger partial charge in [-0.3, -0.25) is 4.79 Å². The number of para-hydroxylation sites is 2. The lowest BCUT2D eigenvalue weighted by Gasteiger charge is -2.28. The van der Waals surface area contributed by atoms with Gasteiger partial charge in [0.1, 0.15) is 11.8 Å². The molecule has 1 aromatic heterocycles. The second kappa shape index (κ2) is 10.5. The van der Waals surface area contributed by atoms with Gasteiger partial charge >= 0.3 is 0 Å². The summed E-state index contributed by atoms with van der Waals surface area (Å²) < 4.78 is 7.24. The molecule has 37 heavy (non-hydrogen) atoms. The van der Waals surface area contributed by atoms with Crippen molar-refractivity contribution in [3.8, 4) is 5.75 Å². The average molecular weight is 512 g/mol. The number of allylic oxidation sites excluding steroid dienone is 1. The summed E-state index contributed by atoms with van der Waals surface area (Å²) >= 11 is 1.59. The highest BCUT2D eigenvalue weighted by Crippen LogP contribution is 2.37. The Kier molecular flexibility index (Phi) is 7.01. The number of fused-ring (bicyclic) bond motifs is 1. The first-order chi connectivity index (χ1) is 17.9. The SMILES string of the molecule is COc1ccccc1NC(=O)C1=C(C)Nc2nc(SCc3cc(C)ccc3C)nn2[C@H]1c1ccccc1. The minimum absolute atomic E-state index is 0.228. The summed E-state index contributed by atoms with van der Waals surface area (Å²) in [7, 11) is 1.59. The largest absolute Gasteiger partial charge is 0.495 e. The molecule has 2 heterocycles. The predicted octanol–water partition coefficient (Wildman–Crippen LogP) is 6.12. The highest BCUT2D eigenvalue weighted by atomic mass is 32.2. The predicted molar refractivity (Wildman–Crippen MR) is 148 cm³/mol. The lowest BCUT2D eigenvalue weighted by Crippen LogP contribution is -2.31. The second-order valence-electron chi connectivity index (χ2n) is 9.01. The van der Waals surface area contributed by atoms with Crippen LogP contribution in [0.15, 0.2) is 89.2 Å². The van der Waals surface area contributed by atoms with Crippen molar-refractivity contribution in [2.45, 2.75) is 37.7 Å². The van der Waals surface area contributed by atoms with E-state index in [1.54, 1.807) is 18.9 Å². The molecule has 0 bridgehead atoms. The number of aromatic nitrogens is 3. The van der Waals surface area contributed by atoms with E-state index in [1.807, 2.05) is 66.2 Å². The lowest BCUT2D eigenvalue weighted by atomic mass is 9.95. The molecule has 5 rings (SSSR count). The maximum Gasteiger partial charge on any atom is 0.255 e. The fourth-order valence-electron chi connectivity index (χ4n) is 4.47. The number of hydrogen-bond acceptors (Lipinski definition) is 6. The van der Waals surface area contributed by atoms with Gasteiger partial charge in [-0.25, -0.2) is 4.68 Å². The van der Waals surface area contributed by atoms with Crippen molar-refractivity contribution in [2.75, 3.05) is 17.7 Å². The molecular formula is C29H29N5O2S. The van der Waals surface area contributed by atoms with Gasteiger partial charge in [0.15, 0.2) is 0 Å². The summed E-state index contributed by atoms with van der Waals surface area (Å²) in [4.78, 5) is 18.5. The number of carbonyl (C=O) groups is 1. The molecule has 0 saturated carbocycles. The topological polar surface area (TPSA) is 81.1 Å². The van der Waals surface area contributed by atoms with Gasteiger partial charge < -0.3 is 15.4 Å². The minimum atomic E-state index is -0.435. The van der Waals surface area contributed by atoms with Crippen molar-refractivity contribution in [2.24, 2.45) is 0 Å². The third-order valence-corrected chi connectivity index (χ3v) is 7.30. The van der Waals surface area contributed by atoms with Crippen LogP contribution in [-0.4, -0.2) is 27.8 Å². The standard InChI is InChI=1S/C29H29N5O2S/c1-18-14-15-19(2)22(16-18)17-37-29-32-28-30-20(3)25(26(34(28)33-29)21-10-6-5-7-11-21)27(35)31-23-12-8-9-13-24(23)36-4/h5-16,26H,17H2,1-4H3,(H,31,35)(H,30,32,33)/t26-/m0/s1. The Labute approximate surface area is 221 Å². The monoisotopic (exact) mass is 511 g/mol. The Morgan fingerprint density at radius 2 is 1.81 bits per heavy atom. The van der Waals surface area contributed by atoms with Gasteiger partial charge in [-0.1, -0.05) is 78.0 Å². The third kappa shape index (κ3) is 5.11. The van der Waals surface area contributed by atoms with Crippen LogP contribution in [-0.2, 0) is 10.5 Å². The molecule has 0 spiro atoms. The minimum Gasteiger partial charge on any atom is -0.495 e. The number of benzene rings is 3. The Morgan fingerprint density at radius 3 is 2.59 bits per heavy atom. The number of thioether (sulfide) groups is 1. The number of hydrogen-bond donors (Lipinski definition) is 2. The van der Waals surface area contributed by atoms with Crippen molar-refractivity contribution in [1.82, 2.24) is 14.8 Å². The fourth-order valence-corrected chi connectivity index (χ4v) is 5.36. The number of nitrogens with one attached hydrogen (secondary N) is 2. The van der Waals surface area contributed by atoms with E-state index in [4.69, 9.17) is 14.8 Å². The quantitative estimate of drug-likeness (QED) is 0.291. The van der Waals surface area contributed by atoms with E-state index in [0.717, 1.165) is 17.0 Å². The smallest absolute Gasteiger partial charge is 0.255 e. The van der Waals surface area contributed by atoms with Crippen LogP contribution in [0.3, 0.4) is 0 Å². The number of nitrogens with zero attached hydrogens (tertiary/aromatic N) is 3. The first-order valence-electron chi connectivity index (χ1n) is 12.1. The molecule has 2 N–H and O–H groups in total. The van der Waals surface area contributed by atoms with Gasteiger partial charge in [-0.2, -0.15) is 4.98 Å². The molecule has 3 aromatic carbocycles. The highest BCUT2D eigenvalue weighted by molar-refractivity contribution is 7.98. The van der Waals surface area contributed by atoms with Gasteiger partial charge in [-0.15, -0.1) is 5.10 Å². The number of amides is 1. The maximum atomic E-state index is 13.7. The van der Waals surface area contributed by atoms with Crippen LogP contribution in [0, 0.1) is 13.8 Å². The summed E-state index contributed by atoms with van der Waals surface area (Å²) in [5.74, 6) is 1.75. The lowest BCUT2D eigenvalue weighted by molar-refractivity contribution is -0.113. The van der Waals surface area contributed by atoms with Crippen LogP contribution >= 0.6 is 11.8 Å². The van der Waals surface area contributed by atoms with Gasteiger partial charge in [-0.05, 0) is 49.6 Å². The summed E-state index contributed by atoms with van der Waals surface area (Å²) in [6.07, 6.45) is 0. The van der Waals surface area contributed by atoms with Gasteiger partial charge in [0, 0.05) is 11.4 Å². The average Bonchev–Trinajstić information content (AvgIpc) is 3.31. The summed E-state index contributed by atoms with van der Waals surface area (Å²) in [6, 6.07) is 23.3. The number of rotatable bonds is 7. The molecule has 0 saturated heterocycles. The van der Waals surface area contributed by atoms with Crippen molar-refractivity contribution < 1.29 is 9.53 Å². The molecule has 4 aromatic rings. The van der Waals surface area contributed by atoms with E-state index in [0.29, 0.717) is 28.1 Å². The first-order valence-corrected chi connectivity index (χ1v) is 13.1. The van der Waals surface area contributed by atoms with Crippen molar-refractivity contribution in [3.05, 3.63) is 106 Å². The normalized spacial score (nSPS) is 14.6. The number of ether oxygens (including phenoxy) is 1. The highest BCUT2D eigenvalue weighted by Gasteiger charge is 2.34. The molecule has 1 atom stereocenters. The van der Waals surface area contributed by atoms with Crippen molar-refractivity contribution in [1.29, 1.82) is 0 Å². The molecular weight excluding hydrogens is 482 g/mol. The Balaban J connectivity index is 1.48. The van der Waals surface area contributed by atoms with E-state index >= 15 is 0 Å². The molecule has 0 fully saturated rings. The van der Waals surface area contributed by atoms with Crippen LogP contribution in [0.2, 0.25) is 0 Å². The number of aryl methyl sites for hydroxylation is 2. The van der Waals surface area contributed by atoms with Crippen LogP contribution in [0.5, 0.6) is 5.75 Å². The number of anilines is 2. The zero-order chi connectivity index (χ0) is 25.9. The Morgan fingerprint density at radius 1 is 1.05 bits per heavy atom. The molecule has 1 aliphatic rings. The summed E-state index contributed by atoms with van der Waals surface area (Å²) in [6.45, 7) is 6.11. The molecule has 1 amide bonds. The Hall–Kier alpha value is -4.04. The fraction of sp³-hybridized carbons (Fsp3) is 0.207. The summed E-state index contributed by atoms with van der Waals surface area (Å²) in [5.41, 5.74) is 6.59. The molecule has 0 radical (unpaired) electrons. The maximum absolute atomic E-state index is 13.7. The first kappa shape index (κ1) is 24.6. The van der Waals surface area contributed by atoms with E-state index in [2.05, 4.69) is 42.7 Å². The molecule has 7 nitrogen and oxygen atoms in total. The van der Waals surface area contributed by atoms with Crippen LogP contribution < -0.4 is 15.4 Å². The molecule has 8 heteroatoms. The zero-order valence-electron chi connectivity index (χ0n) is 21.3. The molecule has 0 unspecified atom stereocenters. The molecule has 188 valence electrons. The van der Waals surface area contributed by atoms with Gasteiger partial charge in [0.25, 0.3) is 5.91 Å². The second-order valence-corrected chi connectivity index (χ2v) is 9.95. The molecule has 1 aliphatic heterocycles. The Bertz CT molecular complexity index is 1480. The van der Waals surface area contributed by atoms with Crippen molar-refractivity contribution in [3.63, 3.8) is 0 Å². The third-order valence-electron chi connectivity index (χ3n) is 6.41. The number of methoxy groups -OCH3 is 1. The van der Waals surface area contributed by atoms with Gasteiger partial charge in [0.2, 0.25) is 11.1 Å².